The van der Waals surface area contributed by atoms with Gasteiger partial charge in [-0.1, -0.05) is 99.1 Å². The fourth-order valence-electron chi connectivity index (χ4n) is 9.06. The highest BCUT2D eigenvalue weighted by Gasteiger charge is 2.50. The highest BCUT2D eigenvalue weighted by atomic mass is 32.2. The fourth-order valence-corrected chi connectivity index (χ4v) is 11.5. The zero-order valence-electron chi connectivity index (χ0n) is 26.5. The van der Waals surface area contributed by atoms with Gasteiger partial charge in [-0.2, -0.15) is 0 Å². The third-order valence-corrected chi connectivity index (χ3v) is 14.1. The second-order valence-corrected chi connectivity index (χ2v) is 16.5. The molecule has 1 aromatic heterocycles. The highest BCUT2D eigenvalue weighted by Crippen LogP contribution is 2.56. The molecule has 0 saturated heterocycles. The summed E-state index contributed by atoms with van der Waals surface area (Å²) in [6.45, 7) is 7.77. The van der Waals surface area contributed by atoms with Crippen LogP contribution >= 0.6 is 23.1 Å². The van der Waals surface area contributed by atoms with Gasteiger partial charge >= 0.3 is 0 Å². The molecule has 1 atom stereocenters. The molecule has 4 heterocycles. The van der Waals surface area contributed by atoms with Gasteiger partial charge in [-0.05, 0) is 106 Å². The largest absolute Gasteiger partial charge is 0.334 e. The van der Waals surface area contributed by atoms with Crippen molar-refractivity contribution in [1.82, 2.24) is 0 Å². The van der Waals surface area contributed by atoms with Crippen molar-refractivity contribution in [1.29, 1.82) is 0 Å². The van der Waals surface area contributed by atoms with Gasteiger partial charge in [0.05, 0.1) is 11.4 Å². The van der Waals surface area contributed by atoms with Crippen molar-refractivity contribution in [2.45, 2.75) is 61.8 Å². The second-order valence-electron chi connectivity index (χ2n) is 14.3. The summed E-state index contributed by atoms with van der Waals surface area (Å²) in [6, 6.07) is 41.6. The number of fused-ring (bicyclic) bond motifs is 11. The van der Waals surface area contributed by atoms with Crippen LogP contribution in [0.15, 0.2) is 119 Å². The maximum Gasteiger partial charge on any atom is 0.260 e. The standard InChI is InChI=1S/C41H35BN2S2/c1-40(2)23-10-11-24-41(40,3)44-26-21-22-29-33(25-26)43(30-15-5-8-19-35(30)45-36-20-9-6-16-31(36)44)32-17-12-14-28-37-27-13-4-7-18-34(27)46-39(37)42(29)38(28)32/h4-9,12-22,25H,10-11,23-24H2,1-3H3. The van der Waals surface area contributed by atoms with Crippen molar-refractivity contribution < 1.29 is 0 Å². The van der Waals surface area contributed by atoms with Gasteiger partial charge in [0.25, 0.3) is 6.71 Å². The molecule has 1 aliphatic carbocycles. The predicted molar refractivity (Wildman–Crippen MR) is 200 cm³/mol. The monoisotopic (exact) mass is 630 g/mol. The third-order valence-electron chi connectivity index (χ3n) is 11.7. The Morgan fingerprint density at radius 3 is 2.24 bits per heavy atom. The SMILES string of the molecule is CC1(C)CCCCC1(C)N1c2ccc3c(c2)N(c2ccccc2Sc2ccccc21)c1cccc2c1B3c1sc3ccccc3c1-2. The Morgan fingerprint density at radius 1 is 0.674 bits per heavy atom. The zero-order valence-corrected chi connectivity index (χ0v) is 28.1. The molecular formula is C41H35BN2S2. The lowest BCUT2D eigenvalue weighted by Gasteiger charge is -2.56. The van der Waals surface area contributed by atoms with E-state index in [0.29, 0.717) is 0 Å². The number of rotatable bonds is 1. The summed E-state index contributed by atoms with van der Waals surface area (Å²) < 4.78 is 2.88. The van der Waals surface area contributed by atoms with Crippen LogP contribution in [0, 0.1) is 5.41 Å². The van der Waals surface area contributed by atoms with Crippen molar-refractivity contribution in [2.75, 3.05) is 9.80 Å². The molecule has 0 spiro atoms. The molecule has 224 valence electrons. The van der Waals surface area contributed by atoms with E-state index in [1.807, 2.05) is 23.1 Å². The van der Waals surface area contributed by atoms with E-state index in [9.17, 15) is 0 Å². The Labute approximate surface area is 280 Å². The van der Waals surface area contributed by atoms with E-state index >= 15 is 0 Å². The van der Waals surface area contributed by atoms with Crippen LogP contribution in [0.25, 0.3) is 21.2 Å². The first-order valence-corrected chi connectivity index (χ1v) is 18.3. The third kappa shape index (κ3) is 3.51. The van der Waals surface area contributed by atoms with E-state index in [0.717, 1.165) is 0 Å². The van der Waals surface area contributed by atoms with Crippen molar-refractivity contribution in [2.24, 2.45) is 5.41 Å². The van der Waals surface area contributed by atoms with E-state index in [1.54, 1.807) is 0 Å². The van der Waals surface area contributed by atoms with Crippen LogP contribution in [0.2, 0.25) is 0 Å². The summed E-state index contributed by atoms with van der Waals surface area (Å²) in [6.07, 6.45) is 4.98. The van der Waals surface area contributed by atoms with Crippen molar-refractivity contribution in [3.8, 4) is 11.1 Å². The summed E-state index contributed by atoms with van der Waals surface area (Å²) in [5.74, 6) is 0. The molecule has 4 aliphatic rings. The Bertz CT molecular complexity index is 2230. The van der Waals surface area contributed by atoms with E-state index in [1.165, 1.54) is 101 Å². The van der Waals surface area contributed by atoms with Crippen LogP contribution in [-0.2, 0) is 0 Å². The molecule has 5 aromatic carbocycles. The minimum absolute atomic E-state index is 0.0363. The zero-order chi connectivity index (χ0) is 30.8. The second kappa shape index (κ2) is 9.56. The Hall–Kier alpha value is -3.93. The van der Waals surface area contributed by atoms with E-state index in [-0.39, 0.29) is 17.7 Å². The molecule has 46 heavy (non-hydrogen) atoms. The molecule has 2 nitrogen and oxygen atoms in total. The van der Waals surface area contributed by atoms with Gasteiger partial charge < -0.3 is 9.80 Å². The lowest BCUT2D eigenvalue weighted by atomic mass is 9.39. The summed E-state index contributed by atoms with van der Waals surface area (Å²) in [5.41, 5.74) is 12.3. The first kappa shape index (κ1) is 27.2. The normalized spacial score (nSPS) is 20.2. The minimum Gasteiger partial charge on any atom is -0.334 e. The average molecular weight is 631 g/mol. The molecule has 0 radical (unpaired) electrons. The summed E-state index contributed by atoms with van der Waals surface area (Å²) in [7, 11) is 0. The van der Waals surface area contributed by atoms with Crippen molar-refractivity contribution in [3.63, 3.8) is 0 Å². The predicted octanol–water partition coefficient (Wildman–Crippen LogP) is 10.1. The summed E-state index contributed by atoms with van der Waals surface area (Å²) >= 11 is 3.91. The van der Waals surface area contributed by atoms with Gasteiger partial charge in [-0.3, -0.25) is 0 Å². The number of nitrogens with zero attached hydrogens (tertiary/aromatic N) is 2. The van der Waals surface area contributed by atoms with Gasteiger partial charge in [0.15, 0.2) is 0 Å². The maximum absolute atomic E-state index is 2.74. The molecule has 2 bridgehead atoms. The number of para-hydroxylation sites is 2. The van der Waals surface area contributed by atoms with Crippen LogP contribution in [0.5, 0.6) is 0 Å². The molecule has 5 heteroatoms. The molecule has 1 fully saturated rings. The molecular weight excluding hydrogens is 595 g/mol. The molecule has 6 aromatic rings. The van der Waals surface area contributed by atoms with Gasteiger partial charge in [0.1, 0.15) is 0 Å². The number of anilines is 5. The summed E-state index contributed by atoms with van der Waals surface area (Å²) in [4.78, 5) is 7.93. The molecule has 0 amide bonds. The lowest BCUT2D eigenvalue weighted by molar-refractivity contribution is 0.115. The maximum atomic E-state index is 2.74. The van der Waals surface area contributed by atoms with Crippen LogP contribution in [0.4, 0.5) is 28.4 Å². The molecule has 1 unspecified atom stereocenters. The smallest absolute Gasteiger partial charge is 0.260 e. The van der Waals surface area contributed by atoms with Crippen molar-refractivity contribution in [3.05, 3.63) is 109 Å². The lowest BCUT2D eigenvalue weighted by Crippen LogP contribution is -2.57. The van der Waals surface area contributed by atoms with Gasteiger partial charge in [0.2, 0.25) is 0 Å². The van der Waals surface area contributed by atoms with Crippen molar-refractivity contribution >= 4 is 84.0 Å². The van der Waals surface area contributed by atoms with E-state index < -0.39 is 0 Å². The van der Waals surface area contributed by atoms with Crippen LogP contribution in [0.3, 0.4) is 0 Å². The first-order valence-electron chi connectivity index (χ1n) is 16.7. The number of hydrogen-bond donors (Lipinski definition) is 0. The molecule has 1 saturated carbocycles. The van der Waals surface area contributed by atoms with Gasteiger partial charge in [0, 0.05) is 37.1 Å². The fraction of sp³-hybridized carbons (Fsp3) is 0.220. The number of hydrogen-bond acceptors (Lipinski definition) is 4. The Balaban J connectivity index is 1.31. The molecule has 10 rings (SSSR count). The number of thiophene rings is 1. The van der Waals surface area contributed by atoms with Gasteiger partial charge in [-0.15, -0.1) is 11.3 Å². The van der Waals surface area contributed by atoms with E-state index in [2.05, 4.69) is 140 Å². The average Bonchev–Trinajstić information content (AvgIpc) is 3.60. The highest BCUT2D eigenvalue weighted by molar-refractivity contribution is 7.99. The summed E-state index contributed by atoms with van der Waals surface area (Å²) in [5, 5.41) is 1.39. The molecule has 0 N–H and O–H groups in total. The molecule has 3 aliphatic heterocycles. The van der Waals surface area contributed by atoms with Crippen LogP contribution < -0.4 is 25.5 Å². The Morgan fingerprint density at radius 2 is 1.39 bits per heavy atom. The quantitative estimate of drug-likeness (QED) is 0.167. The topological polar surface area (TPSA) is 6.48 Å². The number of benzene rings is 5. The van der Waals surface area contributed by atoms with Gasteiger partial charge in [-0.25, -0.2) is 0 Å². The van der Waals surface area contributed by atoms with E-state index in [4.69, 9.17) is 0 Å². The van der Waals surface area contributed by atoms with Crippen LogP contribution in [0.1, 0.15) is 46.5 Å². The van der Waals surface area contributed by atoms with Crippen LogP contribution in [-0.4, -0.2) is 12.3 Å². The Kier molecular flexibility index (Phi) is 5.65. The minimum atomic E-state index is -0.0363. The first-order chi connectivity index (χ1) is 22.4.